The van der Waals surface area contributed by atoms with Crippen molar-refractivity contribution in [1.82, 2.24) is 0 Å². The maximum Gasteiger partial charge on any atom is 0.494 e. The molecule has 1 amide bonds. The average molecular weight is 409 g/mol. The van der Waals surface area contributed by atoms with Crippen molar-refractivity contribution in [3.63, 3.8) is 0 Å². The molecule has 2 aromatic carbocycles. The van der Waals surface area contributed by atoms with Crippen LogP contribution < -0.4 is 10.8 Å². The van der Waals surface area contributed by atoms with Crippen LogP contribution in [-0.2, 0) is 19.5 Å². The lowest BCUT2D eigenvalue weighted by molar-refractivity contribution is -0.121. The van der Waals surface area contributed by atoms with Crippen molar-refractivity contribution in [2.45, 2.75) is 70.0 Å². The predicted molar refractivity (Wildman–Crippen MR) is 117 cm³/mol. The molecule has 0 unspecified atom stereocenters. The lowest BCUT2D eigenvalue weighted by atomic mass is 9.74. The average Bonchev–Trinajstić information content (AvgIpc) is 3.27. The molecule has 1 aliphatic carbocycles. The summed E-state index contributed by atoms with van der Waals surface area (Å²) in [4.78, 5) is 13.3. The van der Waals surface area contributed by atoms with Crippen molar-refractivity contribution >= 4 is 24.2 Å². The molecular weight excluding hydrogens is 380 g/mol. The summed E-state index contributed by atoms with van der Waals surface area (Å²) in [6.07, 6.45) is 3.62. The minimum atomic E-state index is -0.567. The van der Waals surface area contributed by atoms with E-state index < -0.39 is 23.7 Å². The number of anilines is 1. The van der Waals surface area contributed by atoms with Gasteiger partial charge in [0, 0.05) is 5.69 Å². The minimum Gasteiger partial charge on any atom is -0.399 e. The number of hydrogen-bond donors (Lipinski definition) is 1. The van der Waals surface area contributed by atoms with Crippen LogP contribution >= 0.6 is 0 Å². The lowest BCUT2D eigenvalue weighted by Crippen LogP contribution is -2.41. The van der Waals surface area contributed by atoms with Gasteiger partial charge in [0.2, 0.25) is 5.91 Å². The molecule has 1 saturated heterocycles. The molecule has 1 N–H and O–H groups in total. The van der Waals surface area contributed by atoms with Gasteiger partial charge in [0.25, 0.3) is 0 Å². The van der Waals surface area contributed by atoms with Crippen LogP contribution in [0.5, 0.6) is 0 Å². The zero-order chi connectivity index (χ0) is 21.6. The van der Waals surface area contributed by atoms with E-state index in [1.54, 1.807) is 12.1 Å². The molecule has 158 valence electrons. The number of hydrogen-bond acceptors (Lipinski definition) is 3. The summed E-state index contributed by atoms with van der Waals surface area (Å²) in [5, 5.41) is 2.99. The first kappa shape index (κ1) is 21.1. The third-order valence-corrected chi connectivity index (χ3v) is 6.98. The molecule has 0 atom stereocenters. The van der Waals surface area contributed by atoms with Gasteiger partial charge >= 0.3 is 7.12 Å². The Labute approximate surface area is 178 Å². The normalized spacial score (nSPS) is 21.6. The van der Waals surface area contributed by atoms with Gasteiger partial charge < -0.3 is 14.6 Å². The van der Waals surface area contributed by atoms with Gasteiger partial charge in [0.15, 0.2) is 0 Å². The Morgan fingerprint density at radius 1 is 0.900 bits per heavy atom. The molecule has 2 fully saturated rings. The first-order valence-corrected chi connectivity index (χ1v) is 10.7. The van der Waals surface area contributed by atoms with E-state index in [0.29, 0.717) is 5.69 Å². The van der Waals surface area contributed by atoms with Crippen molar-refractivity contribution in [2.75, 3.05) is 5.32 Å². The van der Waals surface area contributed by atoms with E-state index in [1.165, 1.54) is 12.1 Å². The van der Waals surface area contributed by atoms with E-state index in [-0.39, 0.29) is 11.7 Å². The number of halogens is 1. The molecule has 6 heteroatoms. The number of carbonyl (C=O) groups excluding carboxylic acids is 1. The van der Waals surface area contributed by atoms with E-state index >= 15 is 0 Å². The molecule has 0 aromatic heterocycles. The minimum absolute atomic E-state index is 0.0324. The van der Waals surface area contributed by atoms with Crippen LogP contribution in [0, 0.1) is 5.82 Å². The van der Waals surface area contributed by atoms with Crippen molar-refractivity contribution in [3.8, 4) is 0 Å². The second-order valence-electron chi connectivity index (χ2n) is 9.46. The smallest absolute Gasteiger partial charge is 0.399 e. The van der Waals surface area contributed by atoms with Crippen LogP contribution in [-0.4, -0.2) is 24.2 Å². The van der Waals surface area contributed by atoms with E-state index in [4.69, 9.17) is 9.31 Å². The first-order valence-electron chi connectivity index (χ1n) is 10.7. The maximum atomic E-state index is 13.3. The summed E-state index contributed by atoms with van der Waals surface area (Å²) in [6.45, 7) is 8.15. The van der Waals surface area contributed by atoms with Crippen LogP contribution in [0.3, 0.4) is 0 Å². The molecule has 1 aliphatic heterocycles. The zero-order valence-corrected chi connectivity index (χ0v) is 18.1. The van der Waals surface area contributed by atoms with Crippen LogP contribution in [0.1, 0.15) is 58.9 Å². The molecule has 2 aliphatic rings. The van der Waals surface area contributed by atoms with Gasteiger partial charge in [-0.1, -0.05) is 37.1 Å². The predicted octanol–water partition coefficient (Wildman–Crippen LogP) is 4.58. The van der Waals surface area contributed by atoms with E-state index in [2.05, 4.69) is 5.32 Å². The molecule has 0 bridgehead atoms. The Morgan fingerprint density at radius 2 is 1.43 bits per heavy atom. The van der Waals surface area contributed by atoms with Crippen molar-refractivity contribution < 1.29 is 18.5 Å². The highest BCUT2D eigenvalue weighted by atomic mass is 19.1. The molecular formula is C24H29BFNO3. The molecule has 2 aromatic rings. The van der Waals surface area contributed by atoms with Gasteiger partial charge in [-0.05, 0) is 75.8 Å². The van der Waals surface area contributed by atoms with Crippen molar-refractivity contribution in [1.29, 1.82) is 0 Å². The monoisotopic (exact) mass is 409 g/mol. The Balaban J connectivity index is 1.56. The fourth-order valence-electron chi connectivity index (χ4n) is 4.35. The Hall–Kier alpha value is -2.18. The number of carbonyl (C=O) groups is 1. The standard InChI is InChI=1S/C24H29BFNO3/c1-22(2)23(3,4)30-25(29-22)18-9-7-17(8-10-18)24(15-5-6-16-24)21(28)27-20-13-11-19(26)12-14-20/h7-14H,5-6,15-16H2,1-4H3,(H,27,28). The SMILES string of the molecule is CC1(C)OB(c2ccc(C3(C(=O)Nc4ccc(F)cc4)CCCC3)cc2)OC1(C)C. The summed E-state index contributed by atoms with van der Waals surface area (Å²) in [5.41, 5.74) is 1.21. The fourth-order valence-corrected chi connectivity index (χ4v) is 4.35. The fraction of sp³-hybridized carbons (Fsp3) is 0.458. The number of nitrogens with one attached hydrogen (secondary N) is 1. The Morgan fingerprint density at radius 3 is 1.97 bits per heavy atom. The zero-order valence-electron chi connectivity index (χ0n) is 18.1. The van der Waals surface area contributed by atoms with Gasteiger partial charge in [-0.25, -0.2) is 4.39 Å². The van der Waals surface area contributed by atoms with Gasteiger partial charge in [-0.15, -0.1) is 0 Å². The van der Waals surface area contributed by atoms with Gasteiger partial charge in [-0.2, -0.15) is 0 Å². The van der Waals surface area contributed by atoms with Crippen LogP contribution in [0.25, 0.3) is 0 Å². The third-order valence-electron chi connectivity index (χ3n) is 6.98. The number of rotatable bonds is 4. The van der Waals surface area contributed by atoms with Gasteiger partial charge in [0.1, 0.15) is 5.82 Å². The van der Waals surface area contributed by atoms with E-state index in [9.17, 15) is 9.18 Å². The van der Waals surface area contributed by atoms with Gasteiger partial charge in [-0.3, -0.25) is 4.79 Å². The molecule has 4 nitrogen and oxygen atoms in total. The summed E-state index contributed by atoms with van der Waals surface area (Å²) in [5.74, 6) is -0.350. The summed E-state index contributed by atoms with van der Waals surface area (Å²) in [6, 6.07) is 14.0. The Bertz CT molecular complexity index is 902. The third kappa shape index (κ3) is 3.67. The van der Waals surface area contributed by atoms with Crippen LogP contribution in [0.2, 0.25) is 0 Å². The highest BCUT2D eigenvalue weighted by molar-refractivity contribution is 6.62. The number of amides is 1. The molecule has 0 spiro atoms. The van der Waals surface area contributed by atoms with Crippen molar-refractivity contribution in [3.05, 3.63) is 59.9 Å². The van der Waals surface area contributed by atoms with E-state index in [0.717, 1.165) is 36.7 Å². The summed E-state index contributed by atoms with van der Waals surface area (Å²) < 4.78 is 25.5. The van der Waals surface area contributed by atoms with Crippen molar-refractivity contribution in [2.24, 2.45) is 0 Å². The molecule has 4 rings (SSSR count). The summed E-state index contributed by atoms with van der Waals surface area (Å²) >= 11 is 0. The summed E-state index contributed by atoms with van der Waals surface area (Å²) in [7, 11) is -0.420. The second kappa shape index (κ2) is 7.50. The molecule has 0 radical (unpaired) electrons. The highest BCUT2D eigenvalue weighted by Crippen LogP contribution is 2.42. The molecule has 30 heavy (non-hydrogen) atoms. The second-order valence-corrected chi connectivity index (χ2v) is 9.46. The first-order chi connectivity index (χ1) is 14.1. The van der Waals surface area contributed by atoms with E-state index in [1.807, 2.05) is 52.0 Å². The quantitative estimate of drug-likeness (QED) is 0.753. The van der Waals surface area contributed by atoms with Gasteiger partial charge in [0.05, 0.1) is 16.6 Å². The Kier molecular flexibility index (Phi) is 5.27. The lowest BCUT2D eigenvalue weighted by Gasteiger charge is -2.32. The molecule has 1 heterocycles. The maximum absolute atomic E-state index is 13.3. The number of benzene rings is 2. The molecule has 1 saturated carbocycles. The highest BCUT2D eigenvalue weighted by Gasteiger charge is 2.52. The topological polar surface area (TPSA) is 47.6 Å². The van der Waals surface area contributed by atoms with Crippen LogP contribution in [0.15, 0.2) is 48.5 Å². The largest absolute Gasteiger partial charge is 0.494 e. The van der Waals surface area contributed by atoms with Crippen LogP contribution in [0.4, 0.5) is 10.1 Å².